The maximum Gasteiger partial charge on any atom is 0.407 e. The van der Waals surface area contributed by atoms with Crippen LogP contribution in [0.25, 0.3) is 6.08 Å². The number of carbonyl (C=O) groups is 2. The summed E-state index contributed by atoms with van der Waals surface area (Å²) in [6.45, 7) is 0.361. The predicted octanol–water partition coefficient (Wildman–Crippen LogP) is 4.04. The number of furan rings is 1. The molecule has 0 aliphatic heterocycles. The molecule has 9 heteroatoms. The van der Waals surface area contributed by atoms with Gasteiger partial charge in [-0.2, -0.15) is 5.26 Å². The second-order valence-corrected chi connectivity index (χ2v) is 8.28. The van der Waals surface area contributed by atoms with Crippen LogP contribution in [0, 0.1) is 11.3 Å². The number of aromatic nitrogens is 1. The third kappa shape index (κ3) is 5.22. The number of thiophene rings is 1. The number of nitriles is 1. The molecule has 3 heterocycles. The average molecular weight is 449 g/mol. The van der Waals surface area contributed by atoms with Crippen molar-refractivity contribution < 1.29 is 18.7 Å². The van der Waals surface area contributed by atoms with Crippen LogP contribution in [0.15, 0.2) is 53.6 Å². The number of anilines is 1. The lowest BCUT2D eigenvalue weighted by molar-refractivity contribution is -0.111. The van der Waals surface area contributed by atoms with Crippen LogP contribution in [-0.2, 0) is 28.9 Å². The van der Waals surface area contributed by atoms with Crippen molar-refractivity contribution >= 4 is 34.4 Å². The van der Waals surface area contributed by atoms with E-state index in [0.29, 0.717) is 36.4 Å². The first-order valence-electron chi connectivity index (χ1n) is 10.0. The molecule has 1 unspecified atom stereocenters. The first-order chi connectivity index (χ1) is 15.6. The van der Waals surface area contributed by atoms with Gasteiger partial charge in [0.05, 0.1) is 18.1 Å². The molecule has 3 aromatic rings. The molecule has 2 amide bonds. The molecule has 4 rings (SSSR count). The number of fused-ring (bicyclic) bond motifs is 1. The van der Waals surface area contributed by atoms with E-state index in [4.69, 9.17) is 9.15 Å². The first kappa shape index (κ1) is 21.3. The zero-order valence-corrected chi connectivity index (χ0v) is 17.9. The minimum Gasteiger partial charge on any atom is -0.472 e. The molecular weight excluding hydrogens is 428 g/mol. The van der Waals surface area contributed by atoms with Gasteiger partial charge in [0.2, 0.25) is 5.91 Å². The number of hydrogen-bond donors (Lipinski definition) is 2. The maximum atomic E-state index is 12.3. The van der Waals surface area contributed by atoms with Crippen LogP contribution in [-0.4, -0.2) is 23.1 Å². The molecule has 0 bridgehead atoms. The van der Waals surface area contributed by atoms with Gasteiger partial charge in [-0.05, 0) is 48.2 Å². The number of ether oxygens (including phenoxy) is 1. The average Bonchev–Trinajstić information content (AvgIpc) is 3.44. The lowest BCUT2D eigenvalue weighted by Crippen LogP contribution is -2.31. The van der Waals surface area contributed by atoms with Crippen LogP contribution in [0.4, 0.5) is 9.80 Å². The summed E-state index contributed by atoms with van der Waals surface area (Å²) < 4.78 is 10.5. The lowest BCUT2D eigenvalue weighted by atomic mass is 9.94. The highest BCUT2D eigenvalue weighted by atomic mass is 32.1. The highest BCUT2D eigenvalue weighted by molar-refractivity contribution is 7.16. The van der Waals surface area contributed by atoms with E-state index in [2.05, 4.69) is 21.7 Å². The van der Waals surface area contributed by atoms with E-state index in [1.165, 1.54) is 29.9 Å². The van der Waals surface area contributed by atoms with Crippen LogP contribution in [0.3, 0.4) is 0 Å². The van der Waals surface area contributed by atoms with Crippen molar-refractivity contribution in [1.82, 2.24) is 10.3 Å². The number of amides is 2. The normalized spacial score (nSPS) is 15.0. The summed E-state index contributed by atoms with van der Waals surface area (Å²) in [6, 6.07) is 7.59. The van der Waals surface area contributed by atoms with Gasteiger partial charge in [-0.1, -0.05) is 0 Å². The number of nitrogens with zero attached hydrogens (tertiary/aromatic N) is 2. The van der Waals surface area contributed by atoms with E-state index >= 15 is 0 Å². The number of hydrogen-bond acceptors (Lipinski definition) is 7. The molecule has 3 aromatic heterocycles. The number of nitrogens with one attached hydrogen (secondary N) is 2. The van der Waals surface area contributed by atoms with Crippen LogP contribution >= 0.6 is 11.3 Å². The topological polar surface area (TPSA) is 117 Å². The third-order valence-electron chi connectivity index (χ3n) is 5.00. The lowest BCUT2D eigenvalue weighted by Gasteiger charge is -2.22. The van der Waals surface area contributed by atoms with Gasteiger partial charge in [-0.3, -0.25) is 9.78 Å². The summed E-state index contributed by atoms with van der Waals surface area (Å²) in [6.07, 6.45) is 10.4. The fourth-order valence-electron chi connectivity index (χ4n) is 3.43. The Bertz CT molecular complexity index is 1160. The standard InChI is InChI=1S/C23H20N4O4S/c24-12-19-18-3-2-17(31-23(29)26-13-15-5-8-25-9-6-15)11-20(18)32-22(19)27-21(28)4-1-16-7-10-30-14-16/h1,4-10,14,17H,2-3,11,13H2,(H,26,29)(H,27,28). The summed E-state index contributed by atoms with van der Waals surface area (Å²) in [4.78, 5) is 29.3. The molecule has 0 aromatic carbocycles. The van der Waals surface area contributed by atoms with Crippen molar-refractivity contribution in [2.24, 2.45) is 0 Å². The van der Waals surface area contributed by atoms with Crippen molar-refractivity contribution in [3.63, 3.8) is 0 Å². The maximum absolute atomic E-state index is 12.3. The number of carbonyl (C=O) groups excluding carboxylic acids is 2. The van der Waals surface area contributed by atoms with Gasteiger partial charge in [-0.15, -0.1) is 11.3 Å². The minimum atomic E-state index is -0.481. The molecule has 0 fully saturated rings. The Labute approximate surface area is 188 Å². The van der Waals surface area contributed by atoms with Gasteiger partial charge in [0.1, 0.15) is 17.2 Å². The molecular formula is C23H20N4O4S. The van der Waals surface area contributed by atoms with Crippen molar-refractivity contribution in [3.05, 3.63) is 76.3 Å². The first-order valence-corrected chi connectivity index (χ1v) is 10.8. The van der Waals surface area contributed by atoms with E-state index in [1.807, 2.05) is 12.1 Å². The van der Waals surface area contributed by atoms with E-state index in [1.54, 1.807) is 24.5 Å². The third-order valence-corrected chi connectivity index (χ3v) is 6.17. The zero-order valence-electron chi connectivity index (χ0n) is 17.0. The SMILES string of the molecule is N#Cc1c(NC(=O)C=Cc2ccoc2)sc2c1CCC(OC(=O)NCc1ccncc1)C2. The monoisotopic (exact) mass is 448 g/mol. The van der Waals surface area contributed by atoms with Crippen molar-refractivity contribution in [2.45, 2.75) is 31.9 Å². The molecule has 1 atom stereocenters. The molecule has 0 saturated carbocycles. The Balaban J connectivity index is 1.36. The van der Waals surface area contributed by atoms with E-state index in [9.17, 15) is 14.9 Å². The van der Waals surface area contributed by atoms with Crippen molar-refractivity contribution in [3.8, 4) is 6.07 Å². The fourth-order valence-corrected chi connectivity index (χ4v) is 4.69. The summed E-state index contributed by atoms with van der Waals surface area (Å²) in [5.74, 6) is -0.329. The number of alkyl carbamates (subject to hydrolysis) is 1. The smallest absolute Gasteiger partial charge is 0.407 e. The highest BCUT2D eigenvalue weighted by Crippen LogP contribution is 2.38. The van der Waals surface area contributed by atoms with E-state index in [-0.39, 0.29) is 12.0 Å². The fraction of sp³-hybridized carbons (Fsp3) is 0.217. The molecule has 0 saturated heterocycles. The number of pyridine rings is 1. The molecule has 2 N–H and O–H groups in total. The zero-order chi connectivity index (χ0) is 22.3. The quantitative estimate of drug-likeness (QED) is 0.550. The van der Waals surface area contributed by atoms with Gasteiger partial charge in [-0.25, -0.2) is 4.79 Å². The molecule has 8 nitrogen and oxygen atoms in total. The molecule has 1 aliphatic rings. The van der Waals surface area contributed by atoms with Gasteiger partial charge >= 0.3 is 6.09 Å². The Morgan fingerprint density at radius 3 is 2.94 bits per heavy atom. The van der Waals surface area contributed by atoms with Crippen LogP contribution in [0.1, 0.15) is 33.6 Å². The van der Waals surface area contributed by atoms with E-state index < -0.39 is 6.09 Å². The second kappa shape index (κ2) is 9.94. The van der Waals surface area contributed by atoms with Gasteiger partial charge in [0.25, 0.3) is 0 Å². The van der Waals surface area contributed by atoms with Crippen molar-refractivity contribution in [2.75, 3.05) is 5.32 Å². The van der Waals surface area contributed by atoms with Gasteiger partial charge in [0.15, 0.2) is 0 Å². The molecule has 162 valence electrons. The van der Waals surface area contributed by atoms with Gasteiger partial charge < -0.3 is 19.8 Å². The minimum absolute atomic E-state index is 0.283. The summed E-state index contributed by atoms with van der Waals surface area (Å²) in [7, 11) is 0. The Kier molecular flexibility index (Phi) is 6.63. The van der Waals surface area contributed by atoms with Gasteiger partial charge in [0, 0.05) is 41.9 Å². The van der Waals surface area contributed by atoms with Crippen LogP contribution in [0.5, 0.6) is 0 Å². The van der Waals surface area contributed by atoms with E-state index in [0.717, 1.165) is 21.6 Å². The molecule has 32 heavy (non-hydrogen) atoms. The Morgan fingerprint density at radius 2 is 2.19 bits per heavy atom. The Morgan fingerprint density at radius 1 is 1.34 bits per heavy atom. The molecule has 0 radical (unpaired) electrons. The summed E-state index contributed by atoms with van der Waals surface area (Å²) in [5, 5.41) is 15.7. The predicted molar refractivity (Wildman–Crippen MR) is 119 cm³/mol. The summed E-state index contributed by atoms with van der Waals surface area (Å²) in [5.41, 5.74) is 3.11. The van der Waals surface area contributed by atoms with Crippen LogP contribution in [0.2, 0.25) is 0 Å². The second-order valence-electron chi connectivity index (χ2n) is 7.18. The Hall–Kier alpha value is -3.90. The molecule has 1 aliphatic carbocycles. The van der Waals surface area contributed by atoms with Crippen LogP contribution < -0.4 is 10.6 Å². The largest absolute Gasteiger partial charge is 0.472 e. The number of rotatable bonds is 6. The molecule has 0 spiro atoms. The summed E-state index contributed by atoms with van der Waals surface area (Å²) >= 11 is 1.35. The highest BCUT2D eigenvalue weighted by Gasteiger charge is 2.28. The van der Waals surface area contributed by atoms with Crippen molar-refractivity contribution in [1.29, 1.82) is 5.26 Å².